The van der Waals surface area contributed by atoms with Gasteiger partial charge in [0.15, 0.2) is 0 Å². The van der Waals surface area contributed by atoms with Crippen molar-refractivity contribution >= 4 is 8.80 Å². The molecular formula is C40H76Si. The topological polar surface area (TPSA) is 0 Å². The summed E-state index contributed by atoms with van der Waals surface area (Å²) < 4.78 is 0. The molecule has 0 heterocycles. The lowest BCUT2D eigenvalue weighted by Gasteiger charge is -2.27. The molecule has 0 amide bonds. The number of benzene rings is 1. The van der Waals surface area contributed by atoms with Gasteiger partial charge in [0.2, 0.25) is 0 Å². The highest BCUT2D eigenvalue weighted by atomic mass is 28.3. The first-order valence-corrected chi connectivity index (χ1v) is 21.7. The standard InChI is InChI=1S/C40H76Si/c1-4-7-10-13-16-18-20-23-26-32-37-41(38-33-27-24-21-19-17-14-11-8-5-2)40(39-34-29-28-30-35-39)36-31-25-22-15-12-9-6-3/h28-30,34-35,40-41H,4-27,31-33,36-38H2,1-3H3. The predicted molar refractivity (Wildman–Crippen MR) is 192 cm³/mol. The van der Waals surface area contributed by atoms with E-state index in [1.165, 1.54) is 180 Å². The molecule has 0 aromatic heterocycles. The summed E-state index contributed by atoms with van der Waals surface area (Å²) in [7, 11) is -0.802. The summed E-state index contributed by atoms with van der Waals surface area (Å²) in [4.78, 5) is 0. The van der Waals surface area contributed by atoms with Gasteiger partial charge in [0.25, 0.3) is 0 Å². The first-order valence-electron chi connectivity index (χ1n) is 19.4. The minimum atomic E-state index is -0.802. The molecule has 1 rings (SSSR count). The molecule has 0 aliphatic rings. The van der Waals surface area contributed by atoms with E-state index in [2.05, 4.69) is 51.1 Å². The van der Waals surface area contributed by atoms with Gasteiger partial charge in [-0.2, -0.15) is 0 Å². The maximum atomic E-state index is 2.49. The van der Waals surface area contributed by atoms with Crippen LogP contribution in [0.4, 0.5) is 0 Å². The second kappa shape index (κ2) is 30.9. The van der Waals surface area contributed by atoms with Crippen LogP contribution < -0.4 is 0 Å². The molecule has 1 atom stereocenters. The van der Waals surface area contributed by atoms with Gasteiger partial charge in [-0.15, -0.1) is 0 Å². The monoisotopic (exact) mass is 585 g/mol. The van der Waals surface area contributed by atoms with E-state index >= 15 is 0 Å². The lowest BCUT2D eigenvalue weighted by atomic mass is 10.0. The molecule has 240 valence electrons. The highest BCUT2D eigenvalue weighted by Crippen LogP contribution is 2.32. The highest BCUT2D eigenvalue weighted by Gasteiger charge is 2.23. The lowest BCUT2D eigenvalue weighted by Crippen LogP contribution is -2.24. The third-order valence-electron chi connectivity index (χ3n) is 9.77. The van der Waals surface area contributed by atoms with Crippen molar-refractivity contribution in [2.75, 3.05) is 0 Å². The Labute approximate surface area is 262 Å². The number of rotatable bonds is 32. The van der Waals surface area contributed by atoms with Gasteiger partial charge in [0, 0.05) is 8.80 Å². The van der Waals surface area contributed by atoms with E-state index in [1.807, 2.05) is 0 Å². The Kier molecular flexibility index (Phi) is 29.0. The summed E-state index contributed by atoms with van der Waals surface area (Å²) in [6.07, 6.45) is 40.9. The smallest absolute Gasteiger partial charge is 0.0449 e. The Morgan fingerprint density at radius 1 is 0.390 bits per heavy atom. The Hall–Kier alpha value is -0.563. The average molecular weight is 585 g/mol. The van der Waals surface area contributed by atoms with Crippen molar-refractivity contribution in [2.24, 2.45) is 0 Å². The molecule has 0 aliphatic heterocycles. The van der Waals surface area contributed by atoms with Crippen molar-refractivity contribution in [2.45, 2.75) is 218 Å². The van der Waals surface area contributed by atoms with E-state index in [0.29, 0.717) is 0 Å². The van der Waals surface area contributed by atoms with Gasteiger partial charge in [-0.3, -0.25) is 0 Å². The van der Waals surface area contributed by atoms with Gasteiger partial charge in [-0.05, 0) is 17.5 Å². The fourth-order valence-corrected chi connectivity index (χ4v) is 11.2. The summed E-state index contributed by atoms with van der Waals surface area (Å²) in [5.41, 5.74) is 2.62. The summed E-state index contributed by atoms with van der Waals surface area (Å²) in [6, 6.07) is 15.1. The second-order valence-corrected chi connectivity index (χ2v) is 17.1. The van der Waals surface area contributed by atoms with Crippen LogP contribution in [0.1, 0.15) is 212 Å². The Balaban J connectivity index is 2.52. The van der Waals surface area contributed by atoms with E-state index < -0.39 is 8.80 Å². The fraction of sp³-hybridized carbons (Fsp3) is 0.850. The van der Waals surface area contributed by atoms with Gasteiger partial charge in [-0.1, -0.05) is 237 Å². The molecular weight excluding hydrogens is 509 g/mol. The highest BCUT2D eigenvalue weighted by molar-refractivity contribution is 6.60. The molecule has 0 nitrogen and oxygen atoms in total. The average Bonchev–Trinajstić information content (AvgIpc) is 3.00. The predicted octanol–water partition coefficient (Wildman–Crippen LogP) is 14.5. The van der Waals surface area contributed by atoms with E-state index in [4.69, 9.17) is 0 Å². The summed E-state index contributed by atoms with van der Waals surface area (Å²) in [5.74, 6) is 0. The van der Waals surface area contributed by atoms with Crippen LogP contribution in [0.5, 0.6) is 0 Å². The third-order valence-corrected chi connectivity index (χ3v) is 13.9. The second-order valence-electron chi connectivity index (χ2n) is 13.6. The van der Waals surface area contributed by atoms with Gasteiger partial charge in [0.05, 0.1) is 0 Å². The van der Waals surface area contributed by atoms with Crippen molar-refractivity contribution in [3.8, 4) is 0 Å². The van der Waals surface area contributed by atoms with E-state index in [0.717, 1.165) is 5.54 Å². The van der Waals surface area contributed by atoms with Gasteiger partial charge < -0.3 is 0 Å². The van der Waals surface area contributed by atoms with E-state index in [9.17, 15) is 0 Å². The van der Waals surface area contributed by atoms with Crippen LogP contribution >= 0.6 is 0 Å². The van der Waals surface area contributed by atoms with E-state index in [-0.39, 0.29) is 0 Å². The maximum Gasteiger partial charge on any atom is 0.0449 e. The van der Waals surface area contributed by atoms with Crippen LogP contribution in [0.25, 0.3) is 0 Å². The van der Waals surface area contributed by atoms with Crippen molar-refractivity contribution in [3.05, 3.63) is 35.9 Å². The first kappa shape index (κ1) is 38.5. The van der Waals surface area contributed by atoms with Crippen LogP contribution in [0.2, 0.25) is 12.1 Å². The van der Waals surface area contributed by atoms with Crippen LogP contribution in [0.15, 0.2) is 30.3 Å². The quantitative estimate of drug-likeness (QED) is 0.0583. The molecule has 1 aromatic carbocycles. The van der Waals surface area contributed by atoms with Crippen molar-refractivity contribution < 1.29 is 0 Å². The SMILES string of the molecule is CCCCCCCCCCCC[SiH](CCCCCCCCCCCC)C(CCCCCCCCC)c1ccccc1. The zero-order chi connectivity index (χ0) is 29.5. The normalized spacial score (nSPS) is 12.4. The zero-order valence-corrected chi connectivity index (χ0v) is 29.9. The Bertz CT molecular complexity index is 587. The lowest BCUT2D eigenvalue weighted by molar-refractivity contribution is 0.555. The fourth-order valence-electron chi connectivity index (χ4n) is 7.03. The van der Waals surface area contributed by atoms with Gasteiger partial charge in [0.1, 0.15) is 0 Å². The van der Waals surface area contributed by atoms with Crippen LogP contribution in [0, 0.1) is 0 Å². The van der Waals surface area contributed by atoms with E-state index in [1.54, 1.807) is 17.7 Å². The molecule has 1 heteroatoms. The maximum absolute atomic E-state index is 2.49. The molecule has 0 fully saturated rings. The van der Waals surface area contributed by atoms with Crippen molar-refractivity contribution in [1.82, 2.24) is 0 Å². The minimum Gasteiger partial charge on any atom is -0.0654 e. The van der Waals surface area contributed by atoms with Crippen molar-refractivity contribution in [3.63, 3.8) is 0 Å². The van der Waals surface area contributed by atoms with Crippen molar-refractivity contribution in [1.29, 1.82) is 0 Å². The zero-order valence-electron chi connectivity index (χ0n) is 28.8. The molecule has 0 saturated carbocycles. The van der Waals surface area contributed by atoms with Crippen LogP contribution in [0.3, 0.4) is 0 Å². The van der Waals surface area contributed by atoms with Gasteiger partial charge >= 0.3 is 0 Å². The van der Waals surface area contributed by atoms with Gasteiger partial charge in [-0.25, -0.2) is 0 Å². The number of hydrogen-bond donors (Lipinski definition) is 0. The minimum absolute atomic E-state index is 0.802. The number of unbranched alkanes of at least 4 members (excludes halogenated alkanes) is 24. The summed E-state index contributed by atoms with van der Waals surface area (Å²) in [5, 5.41) is 0. The Morgan fingerprint density at radius 2 is 0.707 bits per heavy atom. The van der Waals surface area contributed by atoms with Crippen LogP contribution in [-0.2, 0) is 0 Å². The summed E-state index contributed by atoms with van der Waals surface area (Å²) in [6.45, 7) is 6.98. The molecule has 0 radical (unpaired) electrons. The largest absolute Gasteiger partial charge is 0.0654 e. The Morgan fingerprint density at radius 3 is 1.07 bits per heavy atom. The molecule has 0 aliphatic carbocycles. The third kappa shape index (κ3) is 23.6. The molecule has 0 spiro atoms. The number of hydrogen-bond acceptors (Lipinski definition) is 0. The molecule has 0 saturated heterocycles. The molecule has 0 bridgehead atoms. The summed E-state index contributed by atoms with van der Waals surface area (Å²) >= 11 is 0. The molecule has 0 N–H and O–H groups in total. The molecule has 1 aromatic rings. The molecule has 1 unspecified atom stereocenters. The first-order chi connectivity index (χ1) is 20.3. The van der Waals surface area contributed by atoms with Crippen LogP contribution in [-0.4, -0.2) is 8.80 Å². The molecule has 41 heavy (non-hydrogen) atoms.